The second-order valence-corrected chi connectivity index (χ2v) is 12.2. The summed E-state index contributed by atoms with van der Waals surface area (Å²) in [5.41, 5.74) is 1.77. The van der Waals surface area contributed by atoms with E-state index in [0.717, 1.165) is 28.2 Å². The number of nitrogens with one attached hydrogen (secondary N) is 1. The van der Waals surface area contributed by atoms with Crippen molar-refractivity contribution in [3.05, 3.63) is 106 Å². The summed E-state index contributed by atoms with van der Waals surface area (Å²) in [6.45, 7) is 1.97. The molecule has 5 rings (SSSR count). The minimum Gasteiger partial charge on any atom is -0.348 e. The van der Waals surface area contributed by atoms with Gasteiger partial charge in [-0.1, -0.05) is 24.3 Å². The predicted molar refractivity (Wildman–Crippen MR) is 140 cm³/mol. The molecule has 0 atom stereocenters. The third-order valence-corrected chi connectivity index (χ3v) is 9.14. The van der Waals surface area contributed by atoms with Crippen LogP contribution in [0.2, 0.25) is 0 Å². The number of fused-ring (bicyclic) bond motifs is 1. The Balaban J connectivity index is 1.33. The van der Waals surface area contributed by atoms with Crippen LogP contribution in [0.5, 0.6) is 0 Å². The van der Waals surface area contributed by atoms with Gasteiger partial charge in [-0.05, 0) is 78.9 Å². The lowest BCUT2D eigenvalue weighted by Crippen LogP contribution is -2.24. The molecule has 1 N–H and O–H groups in total. The minimum absolute atomic E-state index is 0.0767. The minimum atomic E-state index is -4.71. The largest absolute Gasteiger partial charge is 0.416 e. The van der Waals surface area contributed by atoms with Crippen LogP contribution in [0, 0.1) is 12.7 Å². The maximum Gasteiger partial charge on any atom is 0.416 e. The van der Waals surface area contributed by atoms with Gasteiger partial charge < -0.3 is 9.88 Å². The molecule has 4 aromatic rings. The highest BCUT2D eigenvalue weighted by Gasteiger charge is 2.37. The molecule has 1 saturated carbocycles. The number of amides is 1. The number of hydrogen-bond donors (Lipinski definition) is 1. The van der Waals surface area contributed by atoms with E-state index in [9.17, 15) is 30.8 Å². The standard InChI is InChI=1S/C29H26F4N2O3S/c1-18-11-23-14-21(7-10-27(23)35(18)16-19-3-2-4-24(30)12-19)28(36)34-15-22-6-5-20(13-26(22)29(31,32)33)17-39(37,38)25-8-9-25/h2-7,10-14,25H,8-9,15-17H2,1H3,(H,34,36). The van der Waals surface area contributed by atoms with Gasteiger partial charge in [0.25, 0.3) is 5.91 Å². The summed E-state index contributed by atoms with van der Waals surface area (Å²) in [5.74, 6) is -1.31. The Hall–Kier alpha value is -3.66. The maximum atomic E-state index is 13.8. The van der Waals surface area contributed by atoms with Crippen LogP contribution in [-0.2, 0) is 34.9 Å². The van der Waals surface area contributed by atoms with Gasteiger partial charge in [-0.25, -0.2) is 12.8 Å². The lowest BCUT2D eigenvalue weighted by Gasteiger charge is -2.15. The Bertz CT molecular complexity index is 1670. The van der Waals surface area contributed by atoms with Crippen LogP contribution in [0.4, 0.5) is 17.6 Å². The first-order valence-electron chi connectivity index (χ1n) is 12.4. The zero-order valence-electron chi connectivity index (χ0n) is 21.1. The Morgan fingerprint density at radius 1 is 1.00 bits per heavy atom. The monoisotopic (exact) mass is 558 g/mol. The number of halogens is 4. The van der Waals surface area contributed by atoms with Crippen molar-refractivity contribution in [1.29, 1.82) is 0 Å². The summed E-state index contributed by atoms with van der Waals surface area (Å²) < 4.78 is 81.5. The maximum absolute atomic E-state index is 13.8. The summed E-state index contributed by atoms with van der Waals surface area (Å²) in [4.78, 5) is 12.9. The van der Waals surface area contributed by atoms with E-state index >= 15 is 0 Å². The van der Waals surface area contributed by atoms with Crippen molar-refractivity contribution >= 4 is 26.6 Å². The van der Waals surface area contributed by atoms with Crippen LogP contribution < -0.4 is 5.32 Å². The molecule has 204 valence electrons. The predicted octanol–water partition coefficient (Wildman–Crippen LogP) is 6.16. The fourth-order valence-corrected chi connectivity index (χ4v) is 6.50. The number of nitrogens with zero attached hydrogens (tertiary/aromatic N) is 1. The third kappa shape index (κ3) is 6.00. The molecular formula is C29H26F4N2O3S. The second-order valence-electron chi connectivity index (χ2n) is 9.95. The smallest absolute Gasteiger partial charge is 0.348 e. The van der Waals surface area contributed by atoms with Crippen molar-refractivity contribution in [2.24, 2.45) is 0 Å². The molecular weight excluding hydrogens is 532 g/mol. The normalized spacial score (nSPS) is 14.1. The molecule has 0 saturated heterocycles. The van der Waals surface area contributed by atoms with Crippen molar-refractivity contribution in [3.63, 3.8) is 0 Å². The van der Waals surface area contributed by atoms with Crippen LogP contribution in [0.3, 0.4) is 0 Å². The lowest BCUT2D eigenvalue weighted by molar-refractivity contribution is -0.138. The van der Waals surface area contributed by atoms with Gasteiger partial charge in [-0.2, -0.15) is 13.2 Å². The zero-order chi connectivity index (χ0) is 27.9. The van der Waals surface area contributed by atoms with Crippen LogP contribution in [0.15, 0.2) is 66.7 Å². The summed E-state index contributed by atoms with van der Waals surface area (Å²) in [7, 11) is -3.47. The molecule has 1 heterocycles. The van der Waals surface area contributed by atoms with E-state index in [1.807, 2.05) is 23.6 Å². The van der Waals surface area contributed by atoms with Crippen molar-refractivity contribution in [2.45, 2.75) is 50.0 Å². The SMILES string of the molecule is Cc1cc2cc(C(=O)NCc3ccc(CS(=O)(=O)C4CC4)cc3C(F)(F)F)ccc2n1Cc1cccc(F)c1. The molecule has 39 heavy (non-hydrogen) atoms. The molecule has 3 aromatic carbocycles. The van der Waals surface area contributed by atoms with Crippen molar-refractivity contribution in [1.82, 2.24) is 9.88 Å². The van der Waals surface area contributed by atoms with Crippen molar-refractivity contribution in [2.75, 3.05) is 0 Å². The fourth-order valence-electron chi connectivity index (χ4n) is 4.76. The first-order chi connectivity index (χ1) is 18.4. The van der Waals surface area contributed by atoms with Gasteiger partial charge in [0.2, 0.25) is 0 Å². The van der Waals surface area contributed by atoms with Gasteiger partial charge in [-0.3, -0.25) is 4.79 Å². The molecule has 1 amide bonds. The molecule has 5 nitrogen and oxygen atoms in total. The Labute approximate surface area is 223 Å². The number of benzene rings is 3. The molecule has 1 fully saturated rings. The highest BCUT2D eigenvalue weighted by molar-refractivity contribution is 7.91. The number of carbonyl (C=O) groups excluding carboxylic acids is 1. The van der Waals surface area contributed by atoms with E-state index in [2.05, 4.69) is 5.32 Å². The topological polar surface area (TPSA) is 68.2 Å². The van der Waals surface area contributed by atoms with Gasteiger partial charge >= 0.3 is 6.18 Å². The molecule has 1 aromatic heterocycles. The van der Waals surface area contributed by atoms with E-state index in [4.69, 9.17) is 0 Å². The summed E-state index contributed by atoms with van der Waals surface area (Å²) in [6.07, 6.45) is -3.62. The Kier molecular flexibility index (Phi) is 7.00. The highest BCUT2D eigenvalue weighted by atomic mass is 32.2. The molecule has 0 spiro atoms. The number of aryl methyl sites for hydroxylation is 1. The van der Waals surface area contributed by atoms with E-state index in [1.54, 1.807) is 24.3 Å². The average molecular weight is 559 g/mol. The Morgan fingerprint density at radius 3 is 2.46 bits per heavy atom. The summed E-state index contributed by atoms with van der Waals surface area (Å²) in [6, 6.07) is 16.7. The fraction of sp³-hybridized carbons (Fsp3) is 0.276. The first-order valence-corrected chi connectivity index (χ1v) is 14.2. The molecule has 1 aliphatic rings. The highest BCUT2D eigenvalue weighted by Crippen LogP contribution is 2.35. The van der Waals surface area contributed by atoms with E-state index in [-0.39, 0.29) is 29.1 Å². The molecule has 0 aliphatic heterocycles. The van der Waals surface area contributed by atoms with Crippen molar-refractivity contribution < 1.29 is 30.8 Å². The summed E-state index contributed by atoms with van der Waals surface area (Å²) >= 11 is 0. The molecule has 1 aliphatic carbocycles. The Morgan fingerprint density at radius 2 is 1.77 bits per heavy atom. The van der Waals surface area contributed by atoms with Gasteiger partial charge in [-0.15, -0.1) is 0 Å². The van der Waals surface area contributed by atoms with Crippen LogP contribution in [0.25, 0.3) is 10.9 Å². The third-order valence-electron chi connectivity index (χ3n) is 6.92. The van der Waals surface area contributed by atoms with Gasteiger partial charge in [0, 0.05) is 35.2 Å². The van der Waals surface area contributed by atoms with Crippen LogP contribution in [-0.4, -0.2) is 24.1 Å². The zero-order valence-corrected chi connectivity index (χ0v) is 21.9. The number of aromatic nitrogens is 1. The summed E-state index contributed by atoms with van der Waals surface area (Å²) in [5, 5.41) is 2.85. The molecule has 0 unspecified atom stereocenters. The number of alkyl halides is 3. The van der Waals surface area contributed by atoms with Gasteiger partial charge in [0.15, 0.2) is 9.84 Å². The second kappa shape index (κ2) is 10.1. The van der Waals surface area contributed by atoms with Gasteiger partial charge in [0.05, 0.1) is 16.6 Å². The van der Waals surface area contributed by atoms with Gasteiger partial charge in [0.1, 0.15) is 5.82 Å². The lowest BCUT2D eigenvalue weighted by atomic mass is 10.0. The van der Waals surface area contributed by atoms with E-state index in [1.165, 1.54) is 24.3 Å². The molecule has 0 radical (unpaired) electrons. The van der Waals surface area contributed by atoms with Crippen molar-refractivity contribution in [3.8, 4) is 0 Å². The number of rotatable bonds is 8. The quantitative estimate of drug-likeness (QED) is 0.263. The molecule has 10 heteroatoms. The van der Waals surface area contributed by atoms with E-state index < -0.39 is 38.5 Å². The van der Waals surface area contributed by atoms with E-state index in [0.29, 0.717) is 19.4 Å². The average Bonchev–Trinajstić information content (AvgIpc) is 3.68. The first kappa shape index (κ1) is 26.9. The number of sulfone groups is 1. The van der Waals surface area contributed by atoms with Crippen LogP contribution >= 0.6 is 0 Å². The van der Waals surface area contributed by atoms with Crippen LogP contribution in [0.1, 0.15) is 51.1 Å². The number of carbonyl (C=O) groups is 1. The molecule has 0 bridgehead atoms. The number of hydrogen-bond acceptors (Lipinski definition) is 3.